The van der Waals surface area contributed by atoms with E-state index in [0.717, 1.165) is 29.1 Å². The molecule has 2 aromatic rings. The normalized spacial score (nSPS) is 10.6. The average molecular weight is 350 g/mol. The third kappa shape index (κ3) is 5.16. The molecule has 0 fully saturated rings. The zero-order valence-electron chi connectivity index (χ0n) is 12.4. The van der Waals surface area contributed by atoms with Gasteiger partial charge in [-0.3, -0.25) is 0 Å². The standard InChI is InChI=1S/C17H20BrNO2/c1-13-4-3-5-15(10-13)21-16-7-6-14(17(18)11-16)12-19-8-9-20-2/h3-7,10-11,19H,8-9,12H2,1-2H3. The highest BCUT2D eigenvalue weighted by atomic mass is 79.9. The van der Waals surface area contributed by atoms with Crippen molar-refractivity contribution in [3.05, 3.63) is 58.1 Å². The highest BCUT2D eigenvalue weighted by Crippen LogP contribution is 2.27. The van der Waals surface area contributed by atoms with Crippen LogP contribution >= 0.6 is 15.9 Å². The van der Waals surface area contributed by atoms with Crippen LogP contribution in [0.4, 0.5) is 0 Å². The summed E-state index contributed by atoms with van der Waals surface area (Å²) in [7, 11) is 1.70. The summed E-state index contributed by atoms with van der Waals surface area (Å²) in [5.41, 5.74) is 2.38. The molecule has 0 saturated carbocycles. The Balaban J connectivity index is 1.98. The van der Waals surface area contributed by atoms with Crippen LogP contribution in [0.3, 0.4) is 0 Å². The van der Waals surface area contributed by atoms with Gasteiger partial charge in [0.25, 0.3) is 0 Å². The fourth-order valence-electron chi connectivity index (χ4n) is 1.95. The summed E-state index contributed by atoms with van der Waals surface area (Å²) in [4.78, 5) is 0. The molecule has 0 heterocycles. The van der Waals surface area contributed by atoms with Gasteiger partial charge in [-0.2, -0.15) is 0 Å². The van der Waals surface area contributed by atoms with Crippen LogP contribution in [0.2, 0.25) is 0 Å². The molecular weight excluding hydrogens is 330 g/mol. The molecular formula is C17H20BrNO2. The fourth-order valence-corrected chi connectivity index (χ4v) is 2.45. The van der Waals surface area contributed by atoms with Gasteiger partial charge in [-0.1, -0.05) is 34.1 Å². The van der Waals surface area contributed by atoms with Crippen molar-refractivity contribution in [2.24, 2.45) is 0 Å². The van der Waals surface area contributed by atoms with Gasteiger partial charge in [0.15, 0.2) is 0 Å². The predicted octanol–water partition coefficient (Wildman–Crippen LogP) is 4.29. The highest BCUT2D eigenvalue weighted by molar-refractivity contribution is 9.10. The Kier molecular flexibility index (Phi) is 6.23. The number of nitrogens with one attached hydrogen (secondary N) is 1. The molecule has 0 atom stereocenters. The molecule has 0 aliphatic carbocycles. The van der Waals surface area contributed by atoms with E-state index in [0.29, 0.717) is 6.61 Å². The van der Waals surface area contributed by atoms with E-state index in [-0.39, 0.29) is 0 Å². The molecule has 3 nitrogen and oxygen atoms in total. The summed E-state index contributed by atoms with van der Waals surface area (Å²) in [5, 5.41) is 3.32. The van der Waals surface area contributed by atoms with Crippen molar-refractivity contribution in [2.75, 3.05) is 20.3 Å². The Morgan fingerprint density at radius 2 is 1.90 bits per heavy atom. The predicted molar refractivity (Wildman–Crippen MR) is 89.0 cm³/mol. The van der Waals surface area contributed by atoms with Gasteiger partial charge in [0, 0.05) is 24.7 Å². The molecule has 0 aromatic heterocycles. The van der Waals surface area contributed by atoms with Crippen molar-refractivity contribution in [3.8, 4) is 11.5 Å². The minimum absolute atomic E-state index is 0.714. The Hall–Kier alpha value is -1.36. The van der Waals surface area contributed by atoms with Gasteiger partial charge in [-0.05, 0) is 42.3 Å². The van der Waals surface area contributed by atoms with E-state index in [9.17, 15) is 0 Å². The maximum absolute atomic E-state index is 5.87. The lowest BCUT2D eigenvalue weighted by atomic mass is 10.2. The van der Waals surface area contributed by atoms with Crippen LogP contribution in [0, 0.1) is 6.92 Å². The van der Waals surface area contributed by atoms with Crippen LogP contribution < -0.4 is 10.1 Å². The molecule has 0 unspecified atom stereocenters. The van der Waals surface area contributed by atoms with Crippen LogP contribution in [-0.4, -0.2) is 20.3 Å². The van der Waals surface area contributed by atoms with Gasteiger partial charge in [0.2, 0.25) is 0 Å². The van der Waals surface area contributed by atoms with Crippen molar-refractivity contribution in [3.63, 3.8) is 0 Å². The second-order valence-electron chi connectivity index (χ2n) is 4.84. The largest absolute Gasteiger partial charge is 0.457 e. The van der Waals surface area contributed by atoms with E-state index in [1.807, 2.05) is 30.3 Å². The highest BCUT2D eigenvalue weighted by Gasteiger charge is 2.03. The quantitative estimate of drug-likeness (QED) is 0.756. The molecule has 0 radical (unpaired) electrons. The lowest BCUT2D eigenvalue weighted by Crippen LogP contribution is -2.18. The first kappa shape index (κ1) is 16.0. The molecule has 0 bridgehead atoms. The zero-order chi connectivity index (χ0) is 15.1. The molecule has 0 saturated heterocycles. The fraction of sp³-hybridized carbons (Fsp3) is 0.294. The van der Waals surface area contributed by atoms with Crippen LogP contribution in [-0.2, 0) is 11.3 Å². The van der Waals surface area contributed by atoms with Crippen LogP contribution in [0.1, 0.15) is 11.1 Å². The Labute approximate surface area is 134 Å². The van der Waals surface area contributed by atoms with E-state index < -0.39 is 0 Å². The smallest absolute Gasteiger partial charge is 0.128 e. The molecule has 21 heavy (non-hydrogen) atoms. The van der Waals surface area contributed by atoms with Crippen molar-refractivity contribution >= 4 is 15.9 Å². The summed E-state index contributed by atoms with van der Waals surface area (Å²) in [6.07, 6.45) is 0. The Morgan fingerprint density at radius 1 is 1.10 bits per heavy atom. The van der Waals surface area contributed by atoms with Gasteiger partial charge in [0.1, 0.15) is 11.5 Å². The number of hydrogen-bond acceptors (Lipinski definition) is 3. The first-order valence-corrected chi connectivity index (χ1v) is 7.71. The first-order chi connectivity index (χ1) is 10.2. The van der Waals surface area contributed by atoms with Gasteiger partial charge >= 0.3 is 0 Å². The van der Waals surface area contributed by atoms with Gasteiger partial charge < -0.3 is 14.8 Å². The molecule has 2 aromatic carbocycles. The van der Waals surface area contributed by atoms with Crippen LogP contribution in [0.25, 0.3) is 0 Å². The molecule has 0 aliphatic heterocycles. The molecule has 0 amide bonds. The third-order valence-electron chi connectivity index (χ3n) is 3.05. The van der Waals surface area contributed by atoms with Crippen molar-refractivity contribution < 1.29 is 9.47 Å². The number of rotatable bonds is 7. The molecule has 1 N–H and O–H groups in total. The Bertz CT molecular complexity index is 587. The van der Waals surface area contributed by atoms with E-state index in [1.165, 1.54) is 11.1 Å². The number of aryl methyl sites for hydroxylation is 1. The first-order valence-electron chi connectivity index (χ1n) is 6.91. The summed E-state index contributed by atoms with van der Waals surface area (Å²) in [5.74, 6) is 1.68. The summed E-state index contributed by atoms with van der Waals surface area (Å²) >= 11 is 3.59. The molecule has 0 aliphatic rings. The van der Waals surface area contributed by atoms with E-state index in [2.05, 4.69) is 40.3 Å². The van der Waals surface area contributed by atoms with E-state index >= 15 is 0 Å². The van der Waals surface area contributed by atoms with Gasteiger partial charge in [-0.15, -0.1) is 0 Å². The lowest BCUT2D eigenvalue weighted by molar-refractivity contribution is 0.199. The maximum Gasteiger partial charge on any atom is 0.128 e. The lowest BCUT2D eigenvalue weighted by Gasteiger charge is -2.10. The zero-order valence-corrected chi connectivity index (χ0v) is 13.9. The van der Waals surface area contributed by atoms with Crippen LogP contribution in [0.15, 0.2) is 46.9 Å². The molecule has 112 valence electrons. The number of methoxy groups -OCH3 is 1. The topological polar surface area (TPSA) is 30.5 Å². The van der Waals surface area contributed by atoms with Gasteiger partial charge in [-0.25, -0.2) is 0 Å². The molecule has 4 heteroatoms. The number of hydrogen-bond donors (Lipinski definition) is 1. The summed E-state index contributed by atoms with van der Waals surface area (Å²) < 4.78 is 11.9. The molecule has 2 rings (SSSR count). The minimum atomic E-state index is 0.714. The number of halogens is 1. The summed E-state index contributed by atoms with van der Waals surface area (Å²) in [6, 6.07) is 14.1. The SMILES string of the molecule is COCCNCc1ccc(Oc2cccc(C)c2)cc1Br. The van der Waals surface area contributed by atoms with E-state index in [4.69, 9.17) is 9.47 Å². The van der Waals surface area contributed by atoms with Crippen molar-refractivity contribution in [2.45, 2.75) is 13.5 Å². The molecule has 0 spiro atoms. The average Bonchev–Trinajstić information content (AvgIpc) is 2.45. The maximum atomic E-state index is 5.87. The second kappa shape index (κ2) is 8.17. The van der Waals surface area contributed by atoms with Crippen molar-refractivity contribution in [1.82, 2.24) is 5.32 Å². The number of benzene rings is 2. The van der Waals surface area contributed by atoms with E-state index in [1.54, 1.807) is 7.11 Å². The van der Waals surface area contributed by atoms with Crippen molar-refractivity contribution in [1.29, 1.82) is 0 Å². The van der Waals surface area contributed by atoms with Crippen LogP contribution in [0.5, 0.6) is 11.5 Å². The Morgan fingerprint density at radius 3 is 2.62 bits per heavy atom. The minimum Gasteiger partial charge on any atom is -0.457 e. The van der Waals surface area contributed by atoms with Gasteiger partial charge in [0.05, 0.1) is 6.61 Å². The monoisotopic (exact) mass is 349 g/mol. The third-order valence-corrected chi connectivity index (χ3v) is 3.79. The summed E-state index contributed by atoms with van der Waals surface area (Å²) in [6.45, 7) is 4.41. The number of ether oxygens (including phenoxy) is 2. The second-order valence-corrected chi connectivity index (χ2v) is 5.70.